The van der Waals surface area contributed by atoms with Crippen molar-refractivity contribution in [3.63, 3.8) is 0 Å². The van der Waals surface area contributed by atoms with Crippen LogP contribution in [0, 0.1) is 11.3 Å². The normalized spacial score (nSPS) is 19.3. The molecule has 4 nitrogen and oxygen atoms in total. The van der Waals surface area contributed by atoms with Crippen molar-refractivity contribution in [2.24, 2.45) is 0 Å². The molecule has 1 fully saturated rings. The molecule has 0 amide bonds. The van der Waals surface area contributed by atoms with Crippen molar-refractivity contribution in [1.82, 2.24) is 10.2 Å². The summed E-state index contributed by atoms with van der Waals surface area (Å²) < 4.78 is 5.42. The summed E-state index contributed by atoms with van der Waals surface area (Å²) in [6.45, 7) is 3.09. The van der Waals surface area contributed by atoms with Crippen LogP contribution in [0.5, 0.6) is 5.75 Å². The number of hydrogen-bond donors (Lipinski definition) is 1. The Morgan fingerprint density at radius 3 is 3.05 bits per heavy atom. The van der Waals surface area contributed by atoms with Gasteiger partial charge in [-0.3, -0.25) is 0 Å². The van der Waals surface area contributed by atoms with Crippen molar-refractivity contribution < 1.29 is 4.74 Å². The van der Waals surface area contributed by atoms with E-state index in [9.17, 15) is 0 Å². The van der Waals surface area contributed by atoms with E-state index in [0.29, 0.717) is 6.04 Å². The maximum absolute atomic E-state index is 8.57. The lowest BCUT2D eigenvalue weighted by Crippen LogP contribution is -2.35. The first-order valence-corrected chi connectivity index (χ1v) is 6.80. The molecule has 1 heterocycles. The number of rotatable bonds is 6. The van der Waals surface area contributed by atoms with Crippen LogP contribution in [-0.2, 0) is 6.54 Å². The molecule has 1 N–H and O–H groups in total. The Kier molecular flexibility index (Phi) is 5.20. The van der Waals surface area contributed by atoms with E-state index in [4.69, 9.17) is 10.00 Å². The Morgan fingerprint density at radius 1 is 1.47 bits per heavy atom. The van der Waals surface area contributed by atoms with Crippen LogP contribution < -0.4 is 10.1 Å². The molecular formula is C15H21N3O. The van der Waals surface area contributed by atoms with E-state index in [1.165, 1.54) is 19.4 Å². The molecule has 1 aliphatic rings. The Balaban J connectivity index is 1.83. The molecule has 2 rings (SSSR count). The van der Waals surface area contributed by atoms with Crippen molar-refractivity contribution in [2.75, 3.05) is 26.7 Å². The second-order valence-electron chi connectivity index (χ2n) is 4.96. The van der Waals surface area contributed by atoms with Crippen molar-refractivity contribution in [2.45, 2.75) is 25.4 Å². The van der Waals surface area contributed by atoms with E-state index in [-0.39, 0.29) is 6.61 Å². The molecule has 0 spiro atoms. The van der Waals surface area contributed by atoms with Crippen molar-refractivity contribution >= 4 is 0 Å². The molecule has 4 heteroatoms. The highest BCUT2D eigenvalue weighted by Gasteiger charge is 2.19. The van der Waals surface area contributed by atoms with E-state index >= 15 is 0 Å². The molecule has 0 saturated carbocycles. The average Bonchev–Trinajstić information content (AvgIpc) is 2.83. The minimum absolute atomic E-state index is 0.0996. The lowest BCUT2D eigenvalue weighted by Gasteiger charge is -2.20. The van der Waals surface area contributed by atoms with E-state index in [2.05, 4.69) is 17.3 Å². The number of nitrogens with one attached hydrogen (secondary N) is 1. The summed E-state index contributed by atoms with van der Waals surface area (Å²) >= 11 is 0. The Labute approximate surface area is 115 Å². The third-order valence-electron chi connectivity index (χ3n) is 3.63. The molecule has 1 unspecified atom stereocenters. The van der Waals surface area contributed by atoms with Crippen LogP contribution >= 0.6 is 0 Å². The summed E-state index contributed by atoms with van der Waals surface area (Å²) in [6.07, 6.45) is 2.57. The highest BCUT2D eigenvalue weighted by atomic mass is 16.5. The standard InChI is InChI=1S/C15H21N3O/c1-18-9-4-6-14(18)12-17-11-13-5-2-3-7-15(13)19-10-8-16/h2-3,5,7,14,17H,4,6,9-12H2,1H3. The molecule has 1 atom stereocenters. The number of ether oxygens (including phenoxy) is 1. The third kappa shape index (κ3) is 3.95. The number of benzene rings is 1. The van der Waals surface area contributed by atoms with Crippen molar-refractivity contribution in [3.05, 3.63) is 29.8 Å². The van der Waals surface area contributed by atoms with Gasteiger partial charge < -0.3 is 15.0 Å². The molecule has 0 aliphatic carbocycles. The van der Waals surface area contributed by atoms with Gasteiger partial charge in [-0.25, -0.2) is 0 Å². The summed E-state index contributed by atoms with van der Waals surface area (Å²) in [5, 5.41) is 12.1. The third-order valence-corrected chi connectivity index (χ3v) is 3.63. The number of hydrogen-bond acceptors (Lipinski definition) is 4. The average molecular weight is 259 g/mol. The molecule has 1 aromatic carbocycles. The van der Waals surface area contributed by atoms with E-state index in [1.54, 1.807) is 0 Å². The second kappa shape index (κ2) is 7.13. The fourth-order valence-electron chi connectivity index (χ4n) is 2.51. The molecule has 0 aromatic heterocycles. The largest absolute Gasteiger partial charge is 0.478 e. The van der Waals surface area contributed by atoms with Gasteiger partial charge >= 0.3 is 0 Å². The van der Waals surface area contributed by atoms with Gasteiger partial charge in [0.15, 0.2) is 6.61 Å². The van der Waals surface area contributed by atoms with Gasteiger partial charge in [0.05, 0.1) is 0 Å². The summed E-state index contributed by atoms with van der Waals surface area (Å²) in [5.74, 6) is 0.802. The van der Waals surface area contributed by atoms with Crippen molar-refractivity contribution in [3.8, 4) is 11.8 Å². The molecule has 102 valence electrons. The number of likely N-dealkylation sites (N-methyl/N-ethyl adjacent to an activating group) is 1. The summed E-state index contributed by atoms with van der Waals surface area (Å²) in [5.41, 5.74) is 1.11. The zero-order chi connectivity index (χ0) is 13.5. The second-order valence-corrected chi connectivity index (χ2v) is 4.96. The number of nitriles is 1. The lowest BCUT2D eigenvalue weighted by atomic mass is 10.2. The van der Waals surface area contributed by atoms with E-state index in [1.807, 2.05) is 30.3 Å². The Bertz CT molecular complexity index is 441. The monoisotopic (exact) mass is 259 g/mol. The predicted molar refractivity (Wildman–Crippen MR) is 74.9 cm³/mol. The van der Waals surface area contributed by atoms with Gasteiger partial charge in [-0.1, -0.05) is 18.2 Å². The summed E-state index contributed by atoms with van der Waals surface area (Å²) in [6, 6.07) is 10.5. The molecule has 0 radical (unpaired) electrons. The fourth-order valence-corrected chi connectivity index (χ4v) is 2.51. The highest BCUT2D eigenvalue weighted by molar-refractivity contribution is 5.33. The SMILES string of the molecule is CN1CCCC1CNCc1ccccc1OCC#N. The summed E-state index contributed by atoms with van der Waals surface area (Å²) in [7, 11) is 2.18. The van der Waals surface area contributed by atoms with Gasteiger partial charge in [-0.15, -0.1) is 0 Å². The van der Waals surface area contributed by atoms with E-state index < -0.39 is 0 Å². The molecule has 1 saturated heterocycles. The number of nitrogens with zero attached hydrogens (tertiary/aromatic N) is 2. The minimum Gasteiger partial charge on any atom is -0.478 e. The van der Waals surface area contributed by atoms with Crippen LogP contribution in [0.2, 0.25) is 0 Å². The van der Waals surface area contributed by atoms with Crippen LogP contribution in [-0.4, -0.2) is 37.7 Å². The maximum Gasteiger partial charge on any atom is 0.174 e. The van der Waals surface area contributed by atoms with Gasteiger partial charge in [0.25, 0.3) is 0 Å². The molecular weight excluding hydrogens is 238 g/mol. The first-order chi connectivity index (χ1) is 9.31. The summed E-state index contributed by atoms with van der Waals surface area (Å²) in [4.78, 5) is 2.41. The zero-order valence-corrected chi connectivity index (χ0v) is 11.4. The van der Waals surface area contributed by atoms with Crippen LogP contribution in [0.3, 0.4) is 0 Å². The Morgan fingerprint density at radius 2 is 2.32 bits per heavy atom. The highest BCUT2D eigenvalue weighted by Crippen LogP contribution is 2.18. The topological polar surface area (TPSA) is 48.3 Å². The van der Waals surface area contributed by atoms with Crippen LogP contribution in [0.4, 0.5) is 0 Å². The van der Waals surface area contributed by atoms with Crippen molar-refractivity contribution in [1.29, 1.82) is 5.26 Å². The Hall–Kier alpha value is -1.57. The van der Waals surface area contributed by atoms with Crippen LogP contribution in [0.1, 0.15) is 18.4 Å². The van der Waals surface area contributed by atoms with Gasteiger partial charge in [-0.2, -0.15) is 5.26 Å². The van der Waals surface area contributed by atoms with Gasteiger partial charge in [0, 0.05) is 24.7 Å². The van der Waals surface area contributed by atoms with Gasteiger partial charge in [0.1, 0.15) is 11.8 Å². The lowest BCUT2D eigenvalue weighted by molar-refractivity contribution is 0.299. The quantitative estimate of drug-likeness (QED) is 0.846. The van der Waals surface area contributed by atoms with Crippen LogP contribution in [0.15, 0.2) is 24.3 Å². The maximum atomic E-state index is 8.57. The number of likely N-dealkylation sites (tertiary alicyclic amines) is 1. The molecule has 0 bridgehead atoms. The fraction of sp³-hybridized carbons (Fsp3) is 0.533. The molecule has 1 aliphatic heterocycles. The predicted octanol–water partition coefficient (Wildman–Crippen LogP) is 1.77. The minimum atomic E-state index is 0.0996. The van der Waals surface area contributed by atoms with Crippen LogP contribution in [0.25, 0.3) is 0 Å². The first kappa shape index (κ1) is 13.9. The first-order valence-electron chi connectivity index (χ1n) is 6.80. The van der Waals surface area contributed by atoms with Gasteiger partial charge in [0.2, 0.25) is 0 Å². The number of para-hydroxylation sites is 1. The smallest absolute Gasteiger partial charge is 0.174 e. The zero-order valence-electron chi connectivity index (χ0n) is 11.4. The molecule has 1 aromatic rings. The van der Waals surface area contributed by atoms with Gasteiger partial charge in [-0.05, 0) is 32.5 Å². The van der Waals surface area contributed by atoms with E-state index in [0.717, 1.165) is 24.4 Å². The molecule has 19 heavy (non-hydrogen) atoms.